The summed E-state index contributed by atoms with van der Waals surface area (Å²) in [6.45, 7) is 6.93. The van der Waals surface area contributed by atoms with Crippen LogP contribution >= 0.6 is 0 Å². The molecule has 0 saturated carbocycles. The fourth-order valence-electron chi connectivity index (χ4n) is 3.95. The van der Waals surface area contributed by atoms with E-state index in [-0.39, 0.29) is 17.5 Å². The standard InChI is InChI=1S/C26H32N4O2/c1-2-32-19-9-14-28-26(31)24(20-27)21-29-15-17-30(18-16-29)25(22-10-5-3-6-11-22)23-12-7-4-8-13-23/h3-8,10-13,21,25H,2,9,14-19H2,1H3,(H,28,31)/b24-21-. The Balaban J connectivity index is 1.61. The lowest BCUT2D eigenvalue weighted by atomic mass is 9.96. The second-order valence-corrected chi connectivity index (χ2v) is 7.76. The van der Waals surface area contributed by atoms with Crippen LogP contribution in [0.5, 0.6) is 0 Å². The average Bonchev–Trinajstić information content (AvgIpc) is 2.85. The number of hydrogen-bond donors (Lipinski definition) is 1. The molecule has 2 aromatic rings. The van der Waals surface area contributed by atoms with Gasteiger partial charge in [0.25, 0.3) is 5.91 Å². The molecule has 168 valence electrons. The van der Waals surface area contributed by atoms with Crippen LogP contribution < -0.4 is 5.32 Å². The Bertz CT molecular complexity index is 861. The van der Waals surface area contributed by atoms with Crippen LogP contribution in [0.15, 0.2) is 72.4 Å². The fourth-order valence-corrected chi connectivity index (χ4v) is 3.95. The number of nitriles is 1. The molecule has 0 aliphatic carbocycles. The van der Waals surface area contributed by atoms with Gasteiger partial charge in [0, 0.05) is 52.1 Å². The van der Waals surface area contributed by atoms with E-state index >= 15 is 0 Å². The number of nitrogens with one attached hydrogen (secondary N) is 1. The minimum atomic E-state index is -0.321. The van der Waals surface area contributed by atoms with Crippen LogP contribution in [0, 0.1) is 11.3 Å². The lowest BCUT2D eigenvalue weighted by Gasteiger charge is -2.39. The highest BCUT2D eigenvalue weighted by Gasteiger charge is 2.26. The molecule has 32 heavy (non-hydrogen) atoms. The van der Waals surface area contributed by atoms with E-state index < -0.39 is 0 Å². The molecule has 0 spiro atoms. The molecule has 1 heterocycles. The molecule has 1 N–H and O–H groups in total. The molecule has 0 aromatic heterocycles. The van der Waals surface area contributed by atoms with Gasteiger partial charge in [0.15, 0.2) is 0 Å². The first-order valence-corrected chi connectivity index (χ1v) is 11.3. The maximum atomic E-state index is 12.3. The van der Waals surface area contributed by atoms with E-state index in [1.165, 1.54) is 11.1 Å². The zero-order chi connectivity index (χ0) is 22.6. The number of hydrogen-bond acceptors (Lipinski definition) is 5. The van der Waals surface area contributed by atoms with Gasteiger partial charge in [0.1, 0.15) is 11.6 Å². The lowest BCUT2D eigenvalue weighted by molar-refractivity contribution is -0.117. The van der Waals surface area contributed by atoms with E-state index in [0.717, 1.165) is 32.6 Å². The molecule has 6 nitrogen and oxygen atoms in total. The van der Waals surface area contributed by atoms with E-state index in [1.807, 2.05) is 25.1 Å². The maximum absolute atomic E-state index is 12.3. The predicted octanol–water partition coefficient (Wildman–Crippen LogP) is 3.34. The molecule has 3 rings (SSSR count). The van der Waals surface area contributed by atoms with Crippen molar-refractivity contribution in [3.05, 3.63) is 83.6 Å². The molecule has 1 fully saturated rings. The zero-order valence-electron chi connectivity index (χ0n) is 18.7. The van der Waals surface area contributed by atoms with Gasteiger partial charge in [-0.2, -0.15) is 5.26 Å². The number of nitrogens with zero attached hydrogens (tertiary/aromatic N) is 3. The third kappa shape index (κ3) is 6.68. The molecule has 1 aliphatic heterocycles. The number of benzene rings is 2. The Kier molecular flexibility index (Phi) is 9.30. The first-order valence-electron chi connectivity index (χ1n) is 11.3. The molecule has 6 heteroatoms. The van der Waals surface area contributed by atoms with Gasteiger partial charge in [-0.25, -0.2) is 0 Å². The SMILES string of the molecule is CCOCCCNC(=O)/C(C#N)=C\N1CCN(C(c2ccccc2)c2ccccc2)CC1. The monoisotopic (exact) mass is 432 g/mol. The first kappa shape index (κ1) is 23.5. The summed E-state index contributed by atoms with van der Waals surface area (Å²) in [6, 6.07) is 23.3. The largest absolute Gasteiger partial charge is 0.382 e. The summed E-state index contributed by atoms with van der Waals surface area (Å²) < 4.78 is 5.27. The number of rotatable bonds is 10. The van der Waals surface area contributed by atoms with Crippen molar-refractivity contribution in [1.82, 2.24) is 15.1 Å². The number of piperazine rings is 1. The van der Waals surface area contributed by atoms with Gasteiger partial charge in [-0.3, -0.25) is 9.69 Å². The molecule has 0 bridgehead atoms. The summed E-state index contributed by atoms with van der Waals surface area (Å²) in [6.07, 6.45) is 2.44. The molecular weight excluding hydrogens is 400 g/mol. The van der Waals surface area contributed by atoms with E-state index in [4.69, 9.17) is 4.74 Å². The summed E-state index contributed by atoms with van der Waals surface area (Å²) >= 11 is 0. The van der Waals surface area contributed by atoms with Gasteiger partial charge in [-0.15, -0.1) is 0 Å². The quantitative estimate of drug-likeness (QED) is 0.354. The van der Waals surface area contributed by atoms with Gasteiger partial charge in [-0.1, -0.05) is 60.7 Å². The normalized spacial score (nSPS) is 14.9. The summed E-state index contributed by atoms with van der Waals surface area (Å²) in [5.41, 5.74) is 2.69. The maximum Gasteiger partial charge on any atom is 0.263 e. The van der Waals surface area contributed by atoms with Crippen LogP contribution in [0.2, 0.25) is 0 Å². The number of carbonyl (C=O) groups is 1. The number of carbonyl (C=O) groups excluding carboxylic acids is 1. The highest BCUT2D eigenvalue weighted by Crippen LogP contribution is 2.29. The van der Waals surface area contributed by atoms with Crippen molar-refractivity contribution in [1.29, 1.82) is 5.26 Å². The van der Waals surface area contributed by atoms with E-state index in [2.05, 4.69) is 63.6 Å². The fraction of sp³-hybridized carbons (Fsp3) is 0.385. The molecule has 1 saturated heterocycles. The predicted molar refractivity (Wildman–Crippen MR) is 126 cm³/mol. The highest BCUT2D eigenvalue weighted by molar-refractivity contribution is 5.97. The molecule has 0 unspecified atom stereocenters. The Morgan fingerprint density at radius 1 is 1.06 bits per heavy atom. The lowest BCUT2D eigenvalue weighted by Crippen LogP contribution is -2.46. The number of amides is 1. The van der Waals surface area contributed by atoms with E-state index in [0.29, 0.717) is 19.8 Å². The zero-order valence-corrected chi connectivity index (χ0v) is 18.7. The van der Waals surface area contributed by atoms with Crippen molar-refractivity contribution >= 4 is 5.91 Å². The first-order chi connectivity index (χ1) is 15.7. The third-order valence-electron chi connectivity index (χ3n) is 5.58. The van der Waals surface area contributed by atoms with Crippen molar-refractivity contribution in [2.75, 3.05) is 45.9 Å². The van der Waals surface area contributed by atoms with Crippen molar-refractivity contribution in [3.8, 4) is 6.07 Å². The summed E-state index contributed by atoms with van der Waals surface area (Å²) in [5, 5.41) is 12.3. The molecular formula is C26H32N4O2. The van der Waals surface area contributed by atoms with Crippen molar-refractivity contribution in [3.63, 3.8) is 0 Å². The van der Waals surface area contributed by atoms with Crippen LogP contribution in [0.3, 0.4) is 0 Å². The Morgan fingerprint density at radius 2 is 1.66 bits per heavy atom. The molecule has 0 atom stereocenters. The van der Waals surface area contributed by atoms with Crippen molar-refractivity contribution in [2.45, 2.75) is 19.4 Å². The second kappa shape index (κ2) is 12.7. The average molecular weight is 433 g/mol. The Labute approximate surface area is 191 Å². The van der Waals surface area contributed by atoms with Gasteiger partial charge in [-0.05, 0) is 24.5 Å². The highest BCUT2D eigenvalue weighted by atomic mass is 16.5. The van der Waals surface area contributed by atoms with E-state index in [9.17, 15) is 10.1 Å². The van der Waals surface area contributed by atoms with Crippen LogP contribution in [-0.4, -0.2) is 61.6 Å². The van der Waals surface area contributed by atoms with Crippen molar-refractivity contribution in [2.24, 2.45) is 0 Å². The smallest absolute Gasteiger partial charge is 0.263 e. The van der Waals surface area contributed by atoms with Crippen LogP contribution in [0.25, 0.3) is 0 Å². The minimum Gasteiger partial charge on any atom is -0.382 e. The molecule has 0 radical (unpaired) electrons. The molecule has 1 amide bonds. The number of ether oxygens (including phenoxy) is 1. The van der Waals surface area contributed by atoms with Gasteiger partial charge < -0.3 is 15.0 Å². The van der Waals surface area contributed by atoms with E-state index in [1.54, 1.807) is 6.20 Å². The summed E-state index contributed by atoms with van der Waals surface area (Å²) in [7, 11) is 0. The van der Waals surface area contributed by atoms with Gasteiger partial charge in [0.05, 0.1) is 6.04 Å². The van der Waals surface area contributed by atoms with Gasteiger partial charge >= 0.3 is 0 Å². The molecule has 2 aromatic carbocycles. The van der Waals surface area contributed by atoms with Crippen LogP contribution in [0.4, 0.5) is 0 Å². The minimum absolute atomic E-state index is 0.150. The van der Waals surface area contributed by atoms with Gasteiger partial charge in [0.2, 0.25) is 0 Å². The summed E-state index contributed by atoms with van der Waals surface area (Å²) in [4.78, 5) is 16.9. The van der Waals surface area contributed by atoms with Crippen molar-refractivity contribution < 1.29 is 9.53 Å². The van der Waals surface area contributed by atoms with Crippen LogP contribution in [-0.2, 0) is 9.53 Å². The van der Waals surface area contributed by atoms with Crippen LogP contribution in [0.1, 0.15) is 30.5 Å². The Hall–Kier alpha value is -3.14. The molecule has 1 aliphatic rings. The topological polar surface area (TPSA) is 68.6 Å². The third-order valence-corrected chi connectivity index (χ3v) is 5.58. The second-order valence-electron chi connectivity index (χ2n) is 7.76. The Morgan fingerprint density at radius 3 is 2.19 bits per heavy atom. The summed E-state index contributed by atoms with van der Waals surface area (Å²) in [5.74, 6) is -0.321.